The van der Waals surface area contributed by atoms with Gasteiger partial charge in [-0.25, -0.2) is 0 Å². The van der Waals surface area contributed by atoms with Gasteiger partial charge in [0.1, 0.15) is 5.75 Å². The Labute approximate surface area is 129 Å². The molecule has 6 heteroatoms. The summed E-state index contributed by atoms with van der Waals surface area (Å²) in [6, 6.07) is 9.09. The molecule has 0 saturated heterocycles. The molecular weight excluding hydrogens is 282 g/mol. The second-order valence-electron chi connectivity index (χ2n) is 4.61. The van der Waals surface area contributed by atoms with Crippen LogP contribution >= 0.6 is 0 Å². The van der Waals surface area contributed by atoms with E-state index in [1.807, 2.05) is 30.3 Å². The molecule has 1 N–H and O–H groups in total. The first-order valence-electron chi connectivity index (χ1n) is 7.05. The lowest BCUT2D eigenvalue weighted by Crippen LogP contribution is -2.17. The number of hydrogen-bond acceptors (Lipinski definition) is 6. The molecule has 6 nitrogen and oxygen atoms in total. The maximum Gasteiger partial charge on any atom is 0.308 e. The molecule has 1 aromatic carbocycles. The number of carbonyl (C=O) groups is 1. The van der Waals surface area contributed by atoms with Gasteiger partial charge in [-0.05, 0) is 42.8 Å². The zero-order valence-electron chi connectivity index (χ0n) is 12.7. The number of methoxy groups -OCH3 is 1. The maximum absolute atomic E-state index is 11.8. The highest BCUT2D eigenvalue weighted by Gasteiger charge is 2.17. The third kappa shape index (κ3) is 4.44. The van der Waals surface area contributed by atoms with Gasteiger partial charge in [0.15, 0.2) is 0 Å². The first-order valence-corrected chi connectivity index (χ1v) is 7.05. The summed E-state index contributed by atoms with van der Waals surface area (Å²) in [6.07, 6.45) is 3.45. The molecule has 2 rings (SSSR count). The Morgan fingerprint density at radius 3 is 2.59 bits per heavy atom. The third-order valence-electron chi connectivity index (χ3n) is 3.12. The molecule has 0 amide bonds. The van der Waals surface area contributed by atoms with Crippen LogP contribution in [0.25, 0.3) is 0 Å². The number of carbonyl (C=O) groups excluding carboxylic acids is 1. The van der Waals surface area contributed by atoms with Crippen LogP contribution in [-0.2, 0) is 9.53 Å². The van der Waals surface area contributed by atoms with Crippen molar-refractivity contribution in [1.82, 2.24) is 10.2 Å². The molecule has 0 fully saturated rings. The van der Waals surface area contributed by atoms with Crippen molar-refractivity contribution in [3.63, 3.8) is 0 Å². The van der Waals surface area contributed by atoms with Gasteiger partial charge in [0, 0.05) is 11.9 Å². The van der Waals surface area contributed by atoms with Crippen molar-refractivity contribution < 1.29 is 14.3 Å². The fraction of sp³-hybridized carbons (Fsp3) is 0.312. The predicted octanol–water partition coefficient (Wildman–Crippen LogP) is 2.59. The van der Waals surface area contributed by atoms with Crippen molar-refractivity contribution in [2.75, 3.05) is 19.0 Å². The summed E-state index contributed by atoms with van der Waals surface area (Å²) in [5.74, 6) is 0.517. The largest absolute Gasteiger partial charge is 0.497 e. The molecule has 22 heavy (non-hydrogen) atoms. The molecule has 0 spiro atoms. The average molecular weight is 301 g/mol. The summed E-state index contributed by atoms with van der Waals surface area (Å²) in [5, 5.41) is 10.9. The Hall–Kier alpha value is -2.63. The number of hydrogen-bond donors (Lipinski definition) is 1. The molecule has 2 aromatic rings. The van der Waals surface area contributed by atoms with E-state index in [2.05, 4.69) is 15.5 Å². The van der Waals surface area contributed by atoms with E-state index in [0.717, 1.165) is 17.0 Å². The van der Waals surface area contributed by atoms with Gasteiger partial charge in [-0.3, -0.25) is 4.79 Å². The fourth-order valence-electron chi connectivity index (χ4n) is 2.03. The van der Waals surface area contributed by atoms with Crippen LogP contribution in [0.15, 0.2) is 42.7 Å². The summed E-state index contributed by atoms with van der Waals surface area (Å²) in [6.45, 7) is 2.15. The molecule has 0 radical (unpaired) electrons. The van der Waals surface area contributed by atoms with E-state index in [0.29, 0.717) is 6.61 Å². The SMILES string of the molecule is CCOC(=O)CC(Nc1ccc(OC)cc1)c1ccnnc1. The van der Waals surface area contributed by atoms with E-state index < -0.39 is 0 Å². The van der Waals surface area contributed by atoms with E-state index in [1.54, 1.807) is 26.4 Å². The van der Waals surface area contributed by atoms with E-state index in [1.165, 1.54) is 0 Å². The number of nitrogens with zero attached hydrogens (tertiary/aromatic N) is 2. The summed E-state index contributed by atoms with van der Waals surface area (Å²) in [7, 11) is 1.62. The van der Waals surface area contributed by atoms with Crippen molar-refractivity contribution in [2.45, 2.75) is 19.4 Å². The first-order chi connectivity index (χ1) is 10.7. The van der Waals surface area contributed by atoms with Crippen LogP contribution in [0, 0.1) is 0 Å². The number of ether oxygens (including phenoxy) is 2. The highest BCUT2D eigenvalue weighted by Crippen LogP contribution is 2.24. The molecule has 0 bridgehead atoms. The summed E-state index contributed by atoms with van der Waals surface area (Å²) >= 11 is 0. The highest BCUT2D eigenvalue weighted by atomic mass is 16.5. The summed E-state index contributed by atoms with van der Waals surface area (Å²) in [5.41, 5.74) is 1.76. The third-order valence-corrected chi connectivity index (χ3v) is 3.12. The number of esters is 1. The molecule has 1 atom stereocenters. The smallest absolute Gasteiger partial charge is 0.308 e. The molecule has 0 aliphatic heterocycles. The maximum atomic E-state index is 11.8. The molecule has 1 heterocycles. The lowest BCUT2D eigenvalue weighted by Gasteiger charge is -2.19. The van der Waals surface area contributed by atoms with Crippen LogP contribution in [-0.4, -0.2) is 29.9 Å². The molecule has 0 aliphatic rings. The average Bonchev–Trinajstić information content (AvgIpc) is 2.56. The van der Waals surface area contributed by atoms with Crippen LogP contribution in [0.1, 0.15) is 24.9 Å². The molecular formula is C16H19N3O3. The van der Waals surface area contributed by atoms with Gasteiger partial charge < -0.3 is 14.8 Å². The van der Waals surface area contributed by atoms with E-state index in [4.69, 9.17) is 9.47 Å². The molecule has 0 aliphatic carbocycles. The topological polar surface area (TPSA) is 73.3 Å². The summed E-state index contributed by atoms with van der Waals surface area (Å²) in [4.78, 5) is 11.8. The first kappa shape index (κ1) is 15.8. The number of nitrogens with one attached hydrogen (secondary N) is 1. The molecule has 0 saturated carbocycles. The number of benzene rings is 1. The monoisotopic (exact) mass is 301 g/mol. The van der Waals surface area contributed by atoms with Gasteiger partial charge in [-0.1, -0.05) is 0 Å². The van der Waals surface area contributed by atoms with Crippen LogP contribution < -0.4 is 10.1 Å². The van der Waals surface area contributed by atoms with Gasteiger partial charge >= 0.3 is 5.97 Å². The molecule has 116 valence electrons. The van der Waals surface area contributed by atoms with Crippen molar-refractivity contribution in [2.24, 2.45) is 0 Å². The number of aromatic nitrogens is 2. The van der Waals surface area contributed by atoms with Gasteiger partial charge in [0.25, 0.3) is 0 Å². The van der Waals surface area contributed by atoms with Crippen molar-refractivity contribution in [1.29, 1.82) is 0 Å². The van der Waals surface area contributed by atoms with Gasteiger partial charge in [-0.2, -0.15) is 10.2 Å². The van der Waals surface area contributed by atoms with Crippen molar-refractivity contribution in [3.05, 3.63) is 48.3 Å². The van der Waals surface area contributed by atoms with E-state index in [9.17, 15) is 4.79 Å². The van der Waals surface area contributed by atoms with Crippen LogP contribution in [0.5, 0.6) is 5.75 Å². The fourth-order valence-corrected chi connectivity index (χ4v) is 2.03. The normalized spacial score (nSPS) is 11.5. The Morgan fingerprint density at radius 1 is 1.23 bits per heavy atom. The minimum absolute atomic E-state index is 0.214. The van der Waals surface area contributed by atoms with Gasteiger partial charge in [-0.15, -0.1) is 0 Å². The minimum Gasteiger partial charge on any atom is -0.497 e. The predicted molar refractivity (Wildman–Crippen MR) is 82.6 cm³/mol. The lowest BCUT2D eigenvalue weighted by molar-refractivity contribution is -0.143. The number of anilines is 1. The summed E-state index contributed by atoms with van der Waals surface area (Å²) < 4.78 is 10.2. The lowest BCUT2D eigenvalue weighted by atomic mass is 10.1. The molecule has 1 aromatic heterocycles. The minimum atomic E-state index is -0.259. The van der Waals surface area contributed by atoms with Gasteiger partial charge in [0.2, 0.25) is 0 Å². The molecule has 1 unspecified atom stereocenters. The van der Waals surface area contributed by atoms with Crippen LogP contribution in [0.4, 0.5) is 5.69 Å². The van der Waals surface area contributed by atoms with E-state index >= 15 is 0 Å². The van der Waals surface area contributed by atoms with E-state index in [-0.39, 0.29) is 18.4 Å². The second kappa shape index (κ2) is 7.97. The zero-order chi connectivity index (χ0) is 15.8. The Morgan fingerprint density at radius 2 is 2.00 bits per heavy atom. The zero-order valence-corrected chi connectivity index (χ0v) is 12.7. The van der Waals surface area contributed by atoms with Crippen LogP contribution in [0.2, 0.25) is 0 Å². The standard InChI is InChI=1S/C16H19N3O3/c1-3-22-16(20)10-15(12-8-9-17-18-11-12)19-13-4-6-14(21-2)7-5-13/h4-9,11,15,19H,3,10H2,1-2H3. The van der Waals surface area contributed by atoms with Crippen molar-refractivity contribution in [3.8, 4) is 5.75 Å². The quantitative estimate of drug-likeness (QED) is 0.792. The number of rotatable bonds is 7. The van der Waals surface area contributed by atoms with Crippen molar-refractivity contribution >= 4 is 11.7 Å². The van der Waals surface area contributed by atoms with Crippen LogP contribution in [0.3, 0.4) is 0 Å². The highest BCUT2D eigenvalue weighted by molar-refractivity contribution is 5.71. The second-order valence-corrected chi connectivity index (χ2v) is 4.61. The Kier molecular flexibility index (Phi) is 5.71. The Balaban J connectivity index is 2.14. The Bertz CT molecular complexity index is 587. The van der Waals surface area contributed by atoms with Gasteiger partial charge in [0.05, 0.1) is 32.4 Å².